The molecule has 0 saturated carbocycles. The summed E-state index contributed by atoms with van der Waals surface area (Å²) in [5, 5.41) is 5.35. The molecular weight excluding hydrogens is 283 g/mol. The van der Waals surface area contributed by atoms with Gasteiger partial charge in [0.2, 0.25) is 0 Å². The lowest BCUT2D eigenvalue weighted by Gasteiger charge is -2.18. The van der Waals surface area contributed by atoms with Crippen molar-refractivity contribution in [3.8, 4) is 0 Å². The van der Waals surface area contributed by atoms with Crippen molar-refractivity contribution in [3.05, 3.63) is 57.8 Å². The van der Waals surface area contributed by atoms with Gasteiger partial charge in [-0.05, 0) is 42.1 Å². The zero-order valence-corrected chi connectivity index (χ0v) is 11.9. The molecule has 0 radical (unpaired) electrons. The molecule has 2 rings (SSSR count). The fourth-order valence-electron chi connectivity index (χ4n) is 1.99. The van der Waals surface area contributed by atoms with E-state index in [1.165, 1.54) is 0 Å². The van der Waals surface area contributed by atoms with Crippen molar-refractivity contribution >= 4 is 11.3 Å². The Balaban J connectivity index is 2.25. The van der Waals surface area contributed by atoms with E-state index in [2.05, 4.69) is 12.2 Å². The Morgan fingerprint density at radius 1 is 1.15 bits per heavy atom. The monoisotopic (exact) mass is 299 g/mol. The van der Waals surface area contributed by atoms with E-state index in [0.717, 1.165) is 35.5 Å². The van der Waals surface area contributed by atoms with Gasteiger partial charge in [-0.25, -0.2) is 0 Å². The van der Waals surface area contributed by atoms with Crippen molar-refractivity contribution in [2.45, 2.75) is 25.6 Å². The largest absolute Gasteiger partial charge is 0.416 e. The summed E-state index contributed by atoms with van der Waals surface area (Å²) in [5.41, 5.74) is 0.246. The predicted molar refractivity (Wildman–Crippen MR) is 75.9 cm³/mol. The van der Waals surface area contributed by atoms with Crippen LogP contribution in [0.5, 0.6) is 0 Å². The van der Waals surface area contributed by atoms with Crippen molar-refractivity contribution in [1.29, 1.82) is 0 Å². The lowest BCUT2D eigenvalue weighted by molar-refractivity contribution is -0.137. The number of alkyl halides is 3. The van der Waals surface area contributed by atoms with E-state index in [4.69, 9.17) is 0 Å². The average Bonchev–Trinajstić information content (AvgIpc) is 2.93. The maximum Gasteiger partial charge on any atom is 0.416 e. The molecule has 108 valence electrons. The quantitative estimate of drug-likeness (QED) is 0.831. The zero-order valence-electron chi connectivity index (χ0n) is 11.1. The van der Waals surface area contributed by atoms with Crippen molar-refractivity contribution in [1.82, 2.24) is 5.32 Å². The first kappa shape index (κ1) is 15.1. The van der Waals surface area contributed by atoms with E-state index < -0.39 is 11.7 Å². The molecule has 1 aromatic carbocycles. The highest BCUT2D eigenvalue weighted by Gasteiger charge is 2.30. The molecule has 1 atom stereocenters. The number of hydrogen-bond acceptors (Lipinski definition) is 2. The molecule has 0 aliphatic heterocycles. The molecule has 20 heavy (non-hydrogen) atoms. The number of halogens is 3. The molecule has 2 aromatic rings. The van der Waals surface area contributed by atoms with Crippen LogP contribution in [-0.4, -0.2) is 6.54 Å². The van der Waals surface area contributed by atoms with E-state index in [0.29, 0.717) is 0 Å². The van der Waals surface area contributed by atoms with Crippen LogP contribution < -0.4 is 5.32 Å². The summed E-state index contributed by atoms with van der Waals surface area (Å²) in [6, 6.07) is 9.29. The molecule has 0 aliphatic rings. The molecule has 0 fully saturated rings. The van der Waals surface area contributed by atoms with Crippen molar-refractivity contribution in [2.24, 2.45) is 0 Å². The van der Waals surface area contributed by atoms with Gasteiger partial charge < -0.3 is 5.32 Å². The second kappa shape index (κ2) is 6.41. The Bertz CT molecular complexity index is 517. The number of thiophene rings is 1. The van der Waals surface area contributed by atoms with Crippen LogP contribution in [-0.2, 0) is 6.18 Å². The molecule has 0 bridgehead atoms. The van der Waals surface area contributed by atoms with Gasteiger partial charge in [0.25, 0.3) is 0 Å². The summed E-state index contributed by atoms with van der Waals surface area (Å²) < 4.78 is 37.7. The van der Waals surface area contributed by atoms with E-state index in [-0.39, 0.29) is 6.04 Å². The van der Waals surface area contributed by atoms with Crippen molar-refractivity contribution in [2.75, 3.05) is 6.54 Å². The molecule has 0 amide bonds. The van der Waals surface area contributed by atoms with Crippen molar-refractivity contribution < 1.29 is 13.2 Å². The summed E-state index contributed by atoms with van der Waals surface area (Å²) >= 11 is 1.60. The Kier molecular flexibility index (Phi) is 4.83. The zero-order chi connectivity index (χ0) is 14.6. The summed E-state index contributed by atoms with van der Waals surface area (Å²) in [6.07, 6.45) is -3.31. The second-order valence-corrected chi connectivity index (χ2v) is 5.50. The van der Waals surface area contributed by atoms with E-state index in [9.17, 15) is 13.2 Å². The van der Waals surface area contributed by atoms with E-state index >= 15 is 0 Å². The molecule has 0 spiro atoms. The summed E-state index contributed by atoms with van der Waals surface area (Å²) in [5.74, 6) is 0. The maximum atomic E-state index is 12.6. The standard InChI is InChI=1S/C15H16F3NS/c1-2-9-19-14(13-4-3-10-20-13)11-5-7-12(8-6-11)15(16,17)18/h3-8,10,14,19H,2,9H2,1H3. The number of benzene rings is 1. The van der Waals surface area contributed by atoms with Gasteiger partial charge in [0.1, 0.15) is 0 Å². The Hall–Kier alpha value is -1.33. The minimum absolute atomic E-state index is 0.0442. The third-order valence-electron chi connectivity index (χ3n) is 3.00. The van der Waals surface area contributed by atoms with Gasteiger partial charge in [-0.15, -0.1) is 11.3 Å². The third kappa shape index (κ3) is 3.61. The second-order valence-electron chi connectivity index (χ2n) is 4.52. The Morgan fingerprint density at radius 3 is 2.35 bits per heavy atom. The first-order chi connectivity index (χ1) is 9.52. The van der Waals surface area contributed by atoms with Crippen molar-refractivity contribution in [3.63, 3.8) is 0 Å². The predicted octanol–water partition coefficient (Wildman–Crippen LogP) is 4.86. The van der Waals surface area contributed by atoms with Crippen LogP contribution in [0.4, 0.5) is 13.2 Å². The van der Waals surface area contributed by atoms with Crippen LogP contribution >= 0.6 is 11.3 Å². The maximum absolute atomic E-state index is 12.6. The highest BCUT2D eigenvalue weighted by molar-refractivity contribution is 7.10. The van der Waals surface area contributed by atoms with Crippen LogP contribution in [0.15, 0.2) is 41.8 Å². The Labute approximate surface area is 120 Å². The molecule has 1 unspecified atom stereocenters. The molecular formula is C15H16F3NS. The van der Waals surface area contributed by atoms with Gasteiger partial charge in [-0.2, -0.15) is 13.2 Å². The molecule has 5 heteroatoms. The lowest BCUT2D eigenvalue weighted by Crippen LogP contribution is -2.22. The van der Waals surface area contributed by atoms with Crippen LogP contribution in [0, 0.1) is 0 Å². The van der Waals surface area contributed by atoms with Gasteiger partial charge >= 0.3 is 6.18 Å². The van der Waals surface area contributed by atoms with Gasteiger partial charge in [-0.1, -0.05) is 25.1 Å². The first-order valence-electron chi connectivity index (χ1n) is 6.46. The molecule has 1 N–H and O–H groups in total. The number of nitrogens with one attached hydrogen (secondary N) is 1. The third-order valence-corrected chi connectivity index (χ3v) is 3.93. The fourth-order valence-corrected chi connectivity index (χ4v) is 2.82. The van der Waals surface area contributed by atoms with Crippen LogP contribution in [0.2, 0.25) is 0 Å². The molecule has 1 aromatic heterocycles. The lowest BCUT2D eigenvalue weighted by atomic mass is 10.0. The summed E-state index contributed by atoms with van der Waals surface area (Å²) in [4.78, 5) is 1.11. The van der Waals surface area contributed by atoms with E-state index in [1.54, 1.807) is 23.5 Å². The van der Waals surface area contributed by atoms with Gasteiger partial charge in [0.15, 0.2) is 0 Å². The smallest absolute Gasteiger partial charge is 0.306 e. The normalized spacial score (nSPS) is 13.4. The van der Waals surface area contributed by atoms with E-state index in [1.807, 2.05) is 17.5 Å². The first-order valence-corrected chi connectivity index (χ1v) is 7.34. The van der Waals surface area contributed by atoms with Gasteiger partial charge in [0, 0.05) is 4.88 Å². The molecule has 0 aliphatic carbocycles. The molecule has 1 heterocycles. The Morgan fingerprint density at radius 2 is 1.85 bits per heavy atom. The molecule has 1 nitrogen and oxygen atoms in total. The summed E-state index contributed by atoms with van der Waals surface area (Å²) in [6.45, 7) is 2.88. The molecule has 0 saturated heterocycles. The number of rotatable bonds is 5. The average molecular weight is 299 g/mol. The van der Waals surface area contributed by atoms with Gasteiger partial charge in [0.05, 0.1) is 11.6 Å². The topological polar surface area (TPSA) is 12.0 Å². The SMILES string of the molecule is CCCNC(c1ccc(C(F)(F)F)cc1)c1cccs1. The fraction of sp³-hybridized carbons (Fsp3) is 0.333. The number of hydrogen-bond donors (Lipinski definition) is 1. The van der Waals surface area contributed by atoms with Gasteiger partial charge in [-0.3, -0.25) is 0 Å². The van der Waals surface area contributed by atoms with Crippen LogP contribution in [0.25, 0.3) is 0 Å². The highest BCUT2D eigenvalue weighted by atomic mass is 32.1. The summed E-state index contributed by atoms with van der Waals surface area (Å²) in [7, 11) is 0. The van der Waals surface area contributed by atoms with Crippen LogP contribution in [0.1, 0.15) is 35.4 Å². The minimum atomic E-state index is -4.28. The minimum Gasteiger partial charge on any atom is -0.306 e. The highest BCUT2D eigenvalue weighted by Crippen LogP contribution is 2.31. The van der Waals surface area contributed by atoms with Crippen LogP contribution in [0.3, 0.4) is 0 Å².